The van der Waals surface area contributed by atoms with Crippen molar-refractivity contribution in [2.75, 3.05) is 36.5 Å². The number of imidazole rings is 1. The van der Waals surface area contributed by atoms with Crippen LogP contribution >= 0.6 is 12.2 Å². The fourth-order valence-electron chi connectivity index (χ4n) is 4.11. The predicted octanol–water partition coefficient (Wildman–Crippen LogP) is 4.11. The minimum absolute atomic E-state index is 0.684. The molecular formula is C22H24N6OS. The molecule has 1 aliphatic rings. The van der Waals surface area contributed by atoms with Gasteiger partial charge in [0.2, 0.25) is 0 Å². The summed E-state index contributed by atoms with van der Waals surface area (Å²) in [5.41, 5.74) is 5.46. The Bertz CT molecular complexity index is 1260. The van der Waals surface area contributed by atoms with Crippen molar-refractivity contribution in [2.45, 2.75) is 20.0 Å². The predicted molar refractivity (Wildman–Crippen MR) is 123 cm³/mol. The number of morpholine rings is 1. The number of ether oxygens (including phenoxy) is 1. The molecule has 7 nitrogen and oxygen atoms in total. The lowest BCUT2D eigenvalue weighted by atomic mass is 10.1. The van der Waals surface area contributed by atoms with Gasteiger partial charge in [-0.3, -0.25) is 0 Å². The maximum atomic E-state index is 5.51. The lowest BCUT2D eigenvalue weighted by molar-refractivity contribution is 0.122. The molecular weight excluding hydrogens is 396 g/mol. The van der Waals surface area contributed by atoms with Gasteiger partial charge in [-0.2, -0.15) is 0 Å². The van der Waals surface area contributed by atoms with Gasteiger partial charge in [-0.05, 0) is 42.9 Å². The van der Waals surface area contributed by atoms with E-state index in [4.69, 9.17) is 17.0 Å². The Morgan fingerprint density at radius 3 is 2.83 bits per heavy atom. The van der Waals surface area contributed by atoms with Crippen molar-refractivity contribution >= 4 is 45.7 Å². The first-order valence-corrected chi connectivity index (χ1v) is 10.7. The number of fused-ring (bicyclic) bond motifs is 2. The second kappa shape index (κ2) is 8.04. The SMILES string of the molecule is CCn1c(=S)[nH]c2cc3c(NCc4ccccc4N4CCOCC4)ncnc3cc21. The summed E-state index contributed by atoms with van der Waals surface area (Å²) in [5.74, 6) is 0.822. The molecule has 0 atom stereocenters. The van der Waals surface area contributed by atoms with Gasteiger partial charge in [0, 0.05) is 37.3 Å². The van der Waals surface area contributed by atoms with Crippen LogP contribution in [0.5, 0.6) is 0 Å². The number of anilines is 2. The molecule has 2 aromatic heterocycles. The van der Waals surface area contributed by atoms with Crippen molar-refractivity contribution in [3.63, 3.8) is 0 Å². The molecule has 1 aliphatic heterocycles. The Balaban J connectivity index is 1.48. The first-order valence-electron chi connectivity index (χ1n) is 10.3. The number of aromatic nitrogens is 4. The fourth-order valence-corrected chi connectivity index (χ4v) is 4.45. The van der Waals surface area contributed by atoms with Crippen molar-refractivity contribution in [1.82, 2.24) is 19.5 Å². The smallest absolute Gasteiger partial charge is 0.178 e. The average Bonchev–Trinajstić information content (AvgIpc) is 3.10. The van der Waals surface area contributed by atoms with E-state index in [9.17, 15) is 0 Å². The van der Waals surface area contributed by atoms with Crippen LogP contribution < -0.4 is 10.2 Å². The minimum Gasteiger partial charge on any atom is -0.378 e. The van der Waals surface area contributed by atoms with Crippen LogP contribution in [0.4, 0.5) is 11.5 Å². The number of aryl methyl sites for hydroxylation is 1. The zero-order valence-electron chi connectivity index (χ0n) is 16.9. The fraction of sp³-hybridized carbons (Fsp3) is 0.318. The number of hydrogen-bond donors (Lipinski definition) is 2. The number of nitrogens with one attached hydrogen (secondary N) is 2. The van der Waals surface area contributed by atoms with Gasteiger partial charge in [-0.1, -0.05) is 18.2 Å². The number of rotatable bonds is 5. The topological polar surface area (TPSA) is 71.0 Å². The first-order chi connectivity index (χ1) is 14.7. The van der Waals surface area contributed by atoms with Crippen molar-refractivity contribution < 1.29 is 4.74 Å². The number of aromatic amines is 1. The lowest BCUT2D eigenvalue weighted by Crippen LogP contribution is -2.36. The highest BCUT2D eigenvalue weighted by molar-refractivity contribution is 7.71. The van der Waals surface area contributed by atoms with E-state index in [1.54, 1.807) is 6.33 Å². The monoisotopic (exact) mass is 420 g/mol. The highest BCUT2D eigenvalue weighted by Crippen LogP contribution is 2.27. The van der Waals surface area contributed by atoms with E-state index in [2.05, 4.69) is 73.1 Å². The Morgan fingerprint density at radius 1 is 1.17 bits per heavy atom. The van der Waals surface area contributed by atoms with E-state index in [-0.39, 0.29) is 0 Å². The summed E-state index contributed by atoms with van der Waals surface area (Å²) in [7, 11) is 0. The minimum atomic E-state index is 0.684. The molecule has 1 saturated heterocycles. The molecule has 4 aromatic rings. The Labute approximate surface area is 179 Å². The maximum Gasteiger partial charge on any atom is 0.178 e. The van der Waals surface area contributed by atoms with E-state index in [0.29, 0.717) is 6.54 Å². The van der Waals surface area contributed by atoms with E-state index >= 15 is 0 Å². The highest BCUT2D eigenvalue weighted by Gasteiger charge is 2.15. The first kappa shape index (κ1) is 19.0. The molecule has 0 saturated carbocycles. The summed E-state index contributed by atoms with van der Waals surface area (Å²) in [4.78, 5) is 14.7. The quantitative estimate of drug-likeness (QED) is 0.474. The van der Waals surface area contributed by atoms with E-state index in [0.717, 1.165) is 65.4 Å². The zero-order chi connectivity index (χ0) is 20.5. The van der Waals surface area contributed by atoms with Crippen LogP contribution in [0.25, 0.3) is 21.9 Å². The van der Waals surface area contributed by atoms with Crippen LogP contribution in [0.1, 0.15) is 12.5 Å². The molecule has 0 aliphatic carbocycles. The number of hydrogen-bond acceptors (Lipinski definition) is 6. The highest BCUT2D eigenvalue weighted by atomic mass is 32.1. The second-order valence-electron chi connectivity index (χ2n) is 7.36. The van der Waals surface area contributed by atoms with Gasteiger partial charge in [0.25, 0.3) is 0 Å². The molecule has 3 heterocycles. The Hall–Kier alpha value is -2.97. The summed E-state index contributed by atoms with van der Waals surface area (Å²) in [6.07, 6.45) is 1.61. The lowest BCUT2D eigenvalue weighted by Gasteiger charge is -2.30. The summed E-state index contributed by atoms with van der Waals surface area (Å²) in [5, 5.41) is 4.51. The second-order valence-corrected chi connectivity index (χ2v) is 7.75. The van der Waals surface area contributed by atoms with Gasteiger partial charge in [-0.25, -0.2) is 9.97 Å². The molecule has 30 heavy (non-hydrogen) atoms. The van der Waals surface area contributed by atoms with Crippen LogP contribution in [0.15, 0.2) is 42.7 Å². The van der Waals surface area contributed by atoms with Crippen LogP contribution in [0.3, 0.4) is 0 Å². The number of nitrogens with zero attached hydrogens (tertiary/aromatic N) is 4. The molecule has 1 fully saturated rings. The molecule has 0 radical (unpaired) electrons. The van der Waals surface area contributed by atoms with Crippen molar-refractivity contribution in [3.8, 4) is 0 Å². The summed E-state index contributed by atoms with van der Waals surface area (Å²) in [6.45, 7) is 6.97. The van der Waals surface area contributed by atoms with E-state index in [1.807, 2.05) is 0 Å². The van der Waals surface area contributed by atoms with Gasteiger partial charge >= 0.3 is 0 Å². The van der Waals surface area contributed by atoms with Gasteiger partial charge in [0.1, 0.15) is 12.1 Å². The van der Waals surface area contributed by atoms with Crippen LogP contribution in [0, 0.1) is 4.77 Å². The van der Waals surface area contributed by atoms with Crippen molar-refractivity contribution in [3.05, 3.63) is 53.1 Å². The number of benzene rings is 2. The van der Waals surface area contributed by atoms with Gasteiger partial charge in [0.05, 0.1) is 29.8 Å². The third-order valence-electron chi connectivity index (χ3n) is 5.64. The standard InChI is InChI=1S/C22H24N6OS/c1-2-28-20-12-17-16(11-18(20)26-22(28)30)21(25-14-24-17)23-13-15-5-3-4-6-19(15)27-7-9-29-10-8-27/h3-6,11-12,14H,2,7-10,13H2,1H3,(H,26,30)(H,23,24,25). The van der Waals surface area contributed by atoms with Crippen molar-refractivity contribution in [2.24, 2.45) is 0 Å². The van der Waals surface area contributed by atoms with E-state index in [1.165, 1.54) is 11.3 Å². The van der Waals surface area contributed by atoms with Gasteiger partial charge in [0.15, 0.2) is 4.77 Å². The van der Waals surface area contributed by atoms with Gasteiger partial charge in [-0.15, -0.1) is 0 Å². The molecule has 8 heteroatoms. The molecule has 2 aromatic carbocycles. The molecule has 0 amide bonds. The average molecular weight is 421 g/mol. The Kier molecular flexibility index (Phi) is 5.10. The largest absolute Gasteiger partial charge is 0.378 e. The summed E-state index contributed by atoms with van der Waals surface area (Å²) >= 11 is 5.46. The summed E-state index contributed by atoms with van der Waals surface area (Å²) < 4.78 is 8.31. The summed E-state index contributed by atoms with van der Waals surface area (Å²) in [6, 6.07) is 12.7. The number of H-pyrrole nitrogens is 1. The molecule has 2 N–H and O–H groups in total. The van der Waals surface area contributed by atoms with Crippen LogP contribution in [0.2, 0.25) is 0 Å². The molecule has 0 bridgehead atoms. The third-order valence-corrected chi connectivity index (χ3v) is 5.96. The normalized spacial score (nSPS) is 14.5. The maximum absolute atomic E-state index is 5.51. The molecule has 154 valence electrons. The van der Waals surface area contributed by atoms with E-state index < -0.39 is 0 Å². The molecule has 0 spiro atoms. The van der Waals surface area contributed by atoms with Crippen LogP contribution in [-0.2, 0) is 17.8 Å². The third kappa shape index (κ3) is 3.42. The zero-order valence-corrected chi connectivity index (χ0v) is 17.7. The molecule has 5 rings (SSSR count). The number of para-hydroxylation sites is 1. The van der Waals surface area contributed by atoms with Gasteiger partial charge < -0.3 is 24.5 Å². The Morgan fingerprint density at radius 2 is 2.00 bits per heavy atom. The molecule has 0 unspecified atom stereocenters. The van der Waals surface area contributed by atoms with Crippen molar-refractivity contribution in [1.29, 1.82) is 0 Å². The van der Waals surface area contributed by atoms with Crippen LogP contribution in [-0.4, -0.2) is 45.8 Å².